The molecule has 2 amide bonds. The summed E-state index contributed by atoms with van der Waals surface area (Å²) in [7, 11) is 3.80. The Balaban J connectivity index is 1.78. The number of rotatable bonds is 6. The van der Waals surface area contributed by atoms with Gasteiger partial charge in [-0.1, -0.05) is 11.6 Å². The second kappa shape index (κ2) is 9.01. The highest BCUT2D eigenvalue weighted by atomic mass is 35.5. The molecule has 0 N–H and O–H groups in total. The van der Waals surface area contributed by atoms with Gasteiger partial charge in [-0.15, -0.1) is 11.3 Å². The molecule has 0 spiro atoms. The molecule has 0 unspecified atom stereocenters. The van der Waals surface area contributed by atoms with Crippen LogP contribution in [0.25, 0.3) is 0 Å². The van der Waals surface area contributed by atoms with E-state index in [1.807, 2.05) is 54.8 Å². The molecule has 140 valence electrons. The largest absolute Gasteiger partial charge is 0.343 e. The summed E-state index contributed by atoms with van der Waals surface area (Å²) in [4.78, 5) is 31.7. The van der Waals surface area contributed by atoms with Crippen molar-refractivity contribution in [2.24, 2.45) is 5.92 Å². The van der Waals surface area contributed by atoms with Crippen molar-refractivity contribution in [3.05, 3.63) is 21.3 Å². The van der Waals surface area contributed by atoms with E-state index < -0.39 is 0 Å². The zero-order valence-electron chi connectivity index (χ0n) is 15.5. The molecule has 1 fully saturated rings. The van der Waals surface area contributed by atoms with Crippen LogP contribution >= 0.6 is 22.9 Å². The zero-order chi connectivity index (χ0) is 18.6. The van der Waals surface area contributed by atoms with Gasteiger partial charge in [0.2, 0.25) is 11.8 Å². The molecule has 1 aliphatic heterocycles. The Hall–Kier alpha value is -1.11. The predicted molar refractivity (Wildman–Crippen MR) is 103 cm³/mol. The van der Waals surface area contributed by atoms with E-state index in [1.54, 1.807) is 11.3 Å². The van der Waals surface area contributed by atoms with Gasteiger partial charge in [0.25, 0.3) is 0 Å². The highest BCUT2D eigenvalue weighted by Gasteiger charge is 2.29. The summed E-state index contributed by atoms with van der Waals surface area (Å²) in [5.74, 6) is 0.379. The van der Waals surface area contributed by atoms with E-state index >= 15 is 0 Å². The number of likely N-dealkylation sites (tertiary alicyclic amines) is 1. The topological polar surface area (TPSA) is 43.9 Å². The fraction of sp³-hybridized carbons (Fsp3) is 0.667. The molecule has 0 bridgehead atoms. The highest BCUT2D eigenvalue weighted by Crippen LogP contribution is 2.23. The Bertz CT molecular complexity index is 597. The minimum atomic E-state index is 0.0439. The Morgan fingerprint density at radius 1 is 1.28 bits per heavy atom. The molecule has 1 aromatic heterocycles. The van der Waals surface area contributed by atoms with Crippen LogP contribution in [0.4, 0.5) is 0 Å². The molecule has 2 rings (SSSR count). The number of amides is 2. The summed E-state index contributed by atoms with van der Waals surface area (Å²) in [6, 6.07) is 4.09. The number of thiophene rings is 1. The number of hydrogen-bond donors (Lipinski definition) is 0. The molecule has 2 heterocycles. The van der Waals surface area contributed by atoms with Crippen LogP contribution in [0, 0.1) is 5.92 Å². The van der Waals surface area contributed by atoms with Crippen LogP contribution in [0.2, 0.25) is 4.34 Å². The molecule has 25 heavy (non-hydrogen) atoms. The monoisotopic (exact) mass is 385 g/mol. The van der Waals surface area contributed by atoms with Gasteiger partial charge >= 0.3 is 0 Å². The van der Waals surface area contributed by atoms with Gasteiger partial charge in [-0.05, 0) is 45.9 Å². The predicted octanol–water partition coefficient (Wildman–Crippen LogP) is 2.94. The second-order valence-electron chi connectivity index (χ2n) is 7.08. The van der Waals surface area contributed by atoms with Gasteiger partial charge in [0.1, 0.15) is 0 Å². The van der Waals surface area contributed by atoms with Crippen LogP contribution in [0.3, 0.4) is 0 Å². The van der Waals surface area contributed by atoms with Crippen molar-refractivity contribution in [3.63, 3.8) is 0 Å². The molecular formula is C18H28ClN3O2S. The SMILES string of the molecule is CC(C)N(C)C(=O)C1CCN(C(=O)CN(C)Cc2ccc(Cl)s2)CC1. The van der Waals surface area contributed by atoms with Gasteiger partial charge in [-0.25, -0.2) is 0 Å². The lowest BCUT2D eigenvalue weighted by Gasteiger charge is -2.35. The lowest BCUT2D eigenvalue weighted by atomic mass is 9.95. The third-order valence-electron chi connectivity index (χ3n) is 4.78. The van der Waals surface area contributed by atoms with Crippen molar-refractivity contribution in [3.8, 4) is 0 Å². The molecule has 0 saturated carbocycles. The normalized spacial score (nSPS) is 15.9. The maximum atomic E-state index is 12.5. The molecule has 1 aromatic rings. The van der Waals surface area contributed by atoms with Crippen LogP contribution in [0.15, 0.2) is 12.1 Å². The summed E-state index contributed by atoms with van der Waals surface area (Å²) in [5, 5.41) is 0. The van der Waals surface area contributed by atoms with Gasteiger partial charge in [0.15, 0.2) is 0 Å². The summed E-state index contributed by atoms with van der Waals surface area (Å²) in [6.45, 7) is 6.48. The van der Waals surface area contributed by atoms with Crippen LogP contribution in [-0.2, 0) is 16.1 Å². The van der Waals surface area contributed by atoms with Crippen LogP contribution in [0.5, 0.6) is 0 Å². The molecule has 0 aromatic carbocycles. The summed E-state index contributed by atoms with van der Waals surface area (Å²) in [6.07, 6.45) is 1.51. The minimum Gasteiger partial charge on any atom is -0.343 e. The van der Waals surface area contributed by atoms with E-state index in [2.05, 4.69) is 0 Å². The van der Waals surface area contributed by atoms with E-state index in [-0.39, 0.29) is 23.8 Å². The molecule has 0 aliphatic carbocycles. The second-order valence-corrected chi connectivity index (χ2v) is 8.88. The molecule has 0 atom stereocenters. The standard InChI is InChI=1S/C18H28ClN3O2S/c1-13(2)21(4)18(24)14-7-9-22(10-8-14)17(23)12-20(3)11-15-5-6-16(19)25-15/h5-6,13-14H,7-12H2,1-4H3. The van der Waals surface area contributed by atoms with Crippen LogP contribution < -0.4 is 0 Å². The number of hydrogen-bond acceptors (Lipinski definition) is 4. The first-order chi connectivity index (χ1) is 11.8. The van der Waals surface area contributed by atoms with Gasteiger partial charge < -0.3 is 9.80 Å². The quantitative estimate of drug-likeness (QED) is 0.756. The molecule has 1 saturated heterocycles. The van der Waals surface area contributed by atoms with E-state index in [1.165, 1.54) is 0 Å². The molecule has 1 aliphatic rings. The number of likely N-dealkylation sites (N-methyl/N-ethyl adjacent to an activating group) is 1. The number of nitrogens with zero attached hydrogens (tertiary/aromatic N) is 3. The smallest absolute Gasteiger partial charge is 0.236 e. The van der Waals surface area contributed by atoms with Crippen molar-refractivity contribution < 1.29 is 9.59 Å². The number of halogens is 1. The van der Waals surface area contributed by atoms with Gasteiger partial charge in [-0.2, -0.15) is 0 Å². The number of piperidine rings is 1. The summed E-state index contributed by atoms with van der Waals surface area (Å²) < 4.78 is 0.771. The lowest BCUT2D eigenvalue weighted by Crippen LogP contribution is -2.47. The van der Waals surface area contributed by atoms with Crippen LogP contribution in [0.1, 0.15) is 31.6 Å². The maximum Gasteiger partial charge on any atom is 0.236 e. The number of carbonyl (C=O) groups excluding carboxylic acids is 2. The van der Waals surface area contributed by atoms with Gasteiger partial charge in [0, 0.05) is 43.5 Å². The third kappa shape index (κ3) is 5.69. The van der Waals surface area contributed by atoms with Crippen molar-refractivity contribution in [2.45, 2.75) is 39.3 Å². The van der Waals surface area contributed by atoms with E-state index in [0.717, 1.165) is 28.6 Å². The first kappa shape index (κ1) is 20.2. The first-order valence-electron chi connectivity index (χ1n) is 8.75. The number of carbonyl (C=O) groups is 2. The average Bonchev–Trinajstić information content (AvgIpc) is 2.98. The molecule has 7 heteroatoms. The minimum absolute atomic E-state index is 0.0439. The van der Waals surface area contributed by atoms with Gasteiger partial charge in [0.05, 0.1) is 10.9 Å². The maximum absolute atomic E-state index is 12.5. The Morgan fingerprint density at radius 3 is 2.44 bits per heavy atom. The Labute approximate surface area is 159 Å². The molecular weight excluding hydrogens is 358 g/mol. The third-order valence-corrected chi connectivity index (χ3v) is 5.99. The van der Waals surface area contributed by atoms with E-state index in [9.17, 15) is 9.59 Å². The zero-order valence-corrected chi connectivity index (χ0v) is 17.1. The average molecular weight is 386 g/mol. The van der Waals surface area contributed by atoms with Crippen molar-refractivity contribution >= 4 is 34.8 Å². The Kier molecular flexibility index (Phi) is 7.28. The first-order valence-corrected chi connectivity index (χ1v) is 9.94. The molecule has 5 nitrogen and oxygen atoms in total. The highest BCUT2D eigenvalue weighted by molar-refractivity contribution is 7.16. The van der Waals surface area contributed by atoms with Crippen LogP contribution in [-0.4, -0.2) is 66.3 Å². The van der Waals surface area contributed by atoms with Crippen molar-refractivity contribution in [1.29, 1.82) is 0 Å². The molecule has 0 radical (unpaired) electrons. The van der Waals surface area contributed by atoms with Gasteiger partial charge in [-0.3, -0.25) is 14.5 Å². The van der Waals surface area contributed by atoms with Crippen molar-refractivity contribution in [1.82, 2.24) is 14.7 Å². The fourth-order valence-electron chi connectivity index (χ4n) is 3.01. The summed E-state index contributed by atoms with van der Waals surface area (Å²) in [5.41, 5.74) is 0. The lowest BCUT2D eigenvalue weighted by molar-refractivity contribution is -0.141. The fourth-order valence-corrected chi connectivity index (χ4v) is 4.18. The van der Waals surface area contributed by atoms with E-state index in [0.29, 0.717) is 19.6 Å². The van der Waals surface area contributed by atoms with Crippen molar-refractivity contribution in [2.75, 3.05) is 33.7 Å². The summed E-state index contributed by atoms with van der Waals surface area (Å²) >= 11 is 7.49. The van der Waals surface area contributed by atoms with E-state index in [4.69, 9.17) is 11.6 Å². The Morgan fingerprint density at radius 2 is 1.92 bits per heavy atom.